The fourth-order valence-electron chi connectivity index (χ4n) is 3.98. The fraction of sp³-hybridized carbons (Fsp3) is 0.429. The van der Waals surface area contributed by atoms with Crippen LogP contribution in [0.3, 0.4) is 0 Å². The standard InChI is InChI=1S/C21H21ClFN5O2/c1-12-9-24-19-18(15-3-2-14(22)8-16(15)23)26-21(27-20(19)25-12)28-5-7-30-17(10-28)13-4-6-29-11-13/h2-3,8-9,13,17H,4-7,10-11H2,1H3/t13-,17-/m0/s1. The van der Waals surface area contributed by atoms with E-state index in [2.05, 4.69) is 19.9 Å². The number of hydrogen-bond acceptors (Lipinski definition) is 7. The molecule has 7 nitrogen and oxygen atoms in total. The van der Waals surface area contributed by atoms with Crippen molar-refractivity contribution in [1.29, 1.82) is 0 Å². The second-order valence-electron chi connectivity index (χ2n) is 7.66. The van der Waals surface area contributed by atoms with Crippen molar-refractivity contribution in [3.05, 3.63) is 40.9 Å². The van der Waals surface area contributed by atoms with Crippen LogP contribution in [0.15, 0.2) is 24.4 Å². The quantitative estimate of drug-likeness (QED) is 0.631. The number of aryl methyl sites for hydroxylation is 1. The molecule has 0 unspecified atom stereocenters. The molecule has 3 aromatic rings. The molecule has 0 radical (unpaired) electrons. The molecule has 0 N–H and O–H groups in total. The lowest BCUT2D eigenvalue weighted by Gasteiger charge is -2.35. The molecule has 9 heteroatoms. The molecule has 4 heterocycles. The Morgan fingerprint density at radius 1 is 1.20 bits per heavy atom. The van der Waals surface area contributed by atoms with Gasteiger partial charge >= 0.3 is 0 Å². The van der Waals surface area contributed by atoms with E-state index in [0.29, 0.717) is 65.6 Å². The highest BCUT2D eigenvalue weighted by atomic mass is 35.5. The second kappa shape index (κ2) is 8.02. The highest BCUT2D eigenvalue weighted by Gasteiger charge is 2.32. The lowest BCUT2D eigenvalue weighted by Crippen LogP contribution is -2.46. The van der Waals surface area contributed by atoms with E-state index in [1.165, 1.54) is 6.07 Å². The molecule has 2 aliphatic heterocycles. The SMILES string of the molecule is Cc1cnc2c(-c3ccc(Cl)cc3F)nc(N3CCO[C@H]([C@H]4CCOC4)C3)nc2n1. The predicted octanol–water partition coefficient (Wildman–Crippen LogP) is 3.43. The third-order valence-electron chi connectivity index (χ3n) is 5.57. The van der Waals surface area contributed by atoms with Gasteiger partial charge in [0, 0.05) is 42.4 Å². The van der Waals surface area contributed by atoms with Crippen LogP contribution in [-0.4, -0.2) is 59.0 Å². The summed E-state index contributed by atoms with van der Waals surface area (Å²) in [5.41, 5.74) is 2.36. The molecule has 5 rings (SSSR count). The van der Waals surface area contributed by atoms with Crippen LogP contribution in [0.1, 0.15) is 12.1 Å². The van der Waals surface area contributed by atoms with E-state index in [9.17, 15) is 4.39 Å². The Morgan fingerprint density at radius 3 is 2.90 bits per heavy atom. The van der Waals surface area contributed by atoms with Gasteiger partial charge in [0.05, 0.1) is 25.0 Å². The first-order chi connectivity index (χ1) is 14.6. The number of rotatable bonds is 3. The summed E-state index contributed by atoms with van der Waals surface area (Å²) in [5, 5.41) is 0.326. The maximum Gasteiger partial charge on any atom is 0.228 e. The van der Waals surface area contributed by atoms with E-state index in [1.807, 2.05) is 6.92 Å². The van der Waals surface area contributed by atoms with Crippen LogP contribution in [0.5, 0.6) is 0 Å². The van der Waals surface area contributed by atoms with E-state index >= 15 is 0 Å². The van der Waals surface area contributed by atoms with Gasteiger partial charge < -0.3 is 14.4 Å². The van der Waals surface area contributed by atoms with Crippen molar-refractivity contribution >= 4 is 28.7 Å². The number of ether oxygens (including phenoxy) is 2. The monoisotopic (exact) mass is 429 g/mol. The Labute approximate surface area is 178 Å². The number of nitrogens with zero attached hydrogens (tertiary/aromatic N) is 5. The fourth-order valence-corrected chi connectivity index (χ4v) is 4.14. The number of aromatic nitrogens is 4. The molecule has 30 heavy (non-hydrogen) atoms. The summed E-state index contributed by atoms with van der Waals surface area (Å²) in [6.45, 7) is 5.21. The normalized spacial score (nSPS) is 22.0. The van der Waals surface area contributed by atoms with Crippen LogP contribution in [0.25, 0.3) is 22.4 Å². The Hall–Kier alpha value is -2.42. The van der Waals surface area contributed by atoms with E-state index < -0.39 is 5.82 Å². The van der Waals surface area contributed by atoms with Gasteiger partial charge in [0.1, 0.15) is 17.0 Å². The van der Waals surface area contributed by atoms with Crippen LogP contribution >= 0.6 is 11.6 Å². The van der Waals surface area contributed by atoms with Gasteiger partial charge in [-0.3, -0.25) is 0 Å². The summed E-state index contributed by atoms with van der Waals surface area (Å²) in [6, 6.07) is 4.53. The van der Waals surface area contributed by atoms with Crippen molar-refractivity contribution in [3.8, 4) is 11.3 Å². The van der Waals surface area contributed by atoms with E-state index in [-0.39, 0.29) is 6.10 Å². The second-order valence-corrected chi connectivity index (χ2v) is 8.10. The molecule has 0 saturated carbocycles. The van der Waals surface area contributed by atoms with Crippen molar-refractivity contribution in [1.82, 2.24) is 19.9 Å². The average molecular weight is 430 g/mol. The molecule has 2 fully saturated rings. The zero-order valence-corrected chi connectivity index (χ0v) is 17.3. The molecule has 2 atom stereocenters. The minimum atomic E-state index is -0.459. The molecule has 0 bridgehead atoms. The number of anilines is 1. The zero-order valence-electron chi connectivity index (χ0n) is 16.5. The smallest absolute Gasteiger partial charge is 0.228 e. The van der Waals surface area contributed by atoms with E-state index in [4.69, 9.17) is 26.1 Å². The summed E-state index contributed by atoms with van der Waals surface area (Å²) in [7, 11) is 0. The summed E-state index contributed by atoms with van der Waals surface area (Å²) >= 11 is 5.94. The Kier molecular flexibility index (Phi) is 5.22. The summed E-state index contributed by atoms with van der Waals surface area (Å²) in [6.07, 6.45) is 2.68. The largest absolute Gasteiger partial charge is 0.381 e. The first kappa shape index (κ1) is 19.5. The third-order valence-corrected chi connectivity index (χ3v) is 5.80. The average Bonchev–Trinajstić information content (AvgIpc) is 3.28. The van der Waals surface area contributed by atoms with Crippen LogP contribution in [-0.2, 0) is 9.47 Å². The maximum absolute atomic E-state index is 14.7. The summed E-state index contributed by atoms with van der Waals surface area (Å²) in [4.78, 5) is 20.4. The lowest BCUT2D eigenvalue weighted by atomic mass is 10.0. The Bertz CT molecular complexity index is 1090. The Morgan fingerprint density at radius 2 is 2.10 bits per heavy atom. The molecule has 2 aliphatic rings. The van der Waals surface area contributed by atoms with Crippen molar-refractivity contribution in [2.45, 2.75) is 19.4 Å². The zero-order chi connectivity index (χ0) is 20.7. The molecule has 2 saturated heterocycles. The molecule has 0 aliphatic carbocycles. The first-order valence-corrected chi connectivity index (χ1v) is 10.4. The van der Waals surface area contributed by atoms with Crippen molar-refractivity contribution in [3.63, 3.8) is 0 Å². The lowest BCUT2D eigenvalue weighted by molar-refractivity contribution is -0.00167. The van der Waals surface area contributed by atoms with Gasteiger partial charge in [-0.15, -0.1) is 0 Å². The predicted molar refractivity (Wildman–Crippen MR) is 111 cm³/mol. The number of fused-ring (bicyclic) bond motifs is 1. The van der Waals surface area contributed by atoms with Gasteiger partial charge in [0.2, 0.25) is 5.95 Å². The van der Waals surface area contributed by atoms with Crippen LogP contribution < -0.4 is 4.90 Å². The highest BCUT2D eigenvalue weighted by molar-refractivity contribution is 6.30. The van der Waals surface area contributed by atoms with Crippen LogP contribution in [0, 0.1) is 18.7 Å². The number of morpholine rings is 1. The van der Waals surface area contributed by atoms with E-state index in [0.717, 1.165) is 18.7 Å². The van der Waals surface area contributed by atoms with Crippen molar-refractivity contribution in [2.24, 2.45) is 5.92 Å². The van der Waals surface area contributed by atoms with Gasteiger partial charge in [-0.1, -0.05) is 11.6 Å². The number of hydrogen-bond donors (Lipinski definition) is 0. The van der Waals surface area contributed by atoms with Crippen LogP contribution in [0.2, 0.25) is 5.02 Å². The number of halogens is 2. The molecular weight excluding hydrogens is 409 g/mol. The molecule has 0 spiro atoms. The van der Waals surface area contributed by atoms with Gasteiger partial charge in [0.15, 0.2) is 5.65 Å². The minimum Gasteiger partial charge on any atom is -0.381 e. The van der Waals surface area contributed by atoms with Crippen LogP contribution in [0.4, 0.5) is 10.3 Å². The first-order valence-electron chi connectivity index (χ1n) is 9.99. The van der Waals surface area contributed by atoms with Gasteiger partial charge in [-0.25, -0.2) is 19.3 Å². The van der Waals surface area contributed by atoms with Gasteiger partial charge in [0.25, 0.3) is 0 Å². The van der Waals surface area contributed by atoms with Gasteiger partial charge in [-0.05, 0) is 31.5 Å². The van der Waals surface area contributed by atoms with Crippen molar-refractivity contribution in [2.75, 3.05) is 37.8 Å². The number of benzene rings is 1. The summed E-state index contributed by atoms with van der Waals surface area (Å²) in [5.74, 6) is 0.404. The minimum absolute atomic E-state index is 0.0554. The third kappa shape index (κ3) is 3.71. The van der Waals surface area contributed by atoms with E-state index in [1.54, 1.807) is 18.3 Å². The molecule has 1 aromatic carbocycles. The molecule has 0 amide bonds. The molecular formula is C21H21ClFN5O2. The highest BCUT2D eigenvalue weighted by Crippen LogP contribution is 2.31. The van der Waals surface area contributed by atoms with Gasteiger partial charge in [-0.2, -0.15) is 4.98 Å². The summed E-state index contributed by atoms with van der Waals surface area (Å²) < 4.78 is 26.3. The van der Waals surface area contributed by atoms with Crippen molar-refractivity contribution < 1.29 is 13.9 Å². The molecule has 156 valence electrons. The topological polar surface area (TPSA) is 73.3 Å². The maximum atomic E-state index is 14.7. The molecule has 2 aromatic heterocycles. The Balaban J connectivity index is 1.58.